The molecule has 0 saturated heterocycles. The molecule has 0 aliphatic carbocycles. The van der Waals surface area contributed by atoms with Gasteiger partial charge in [0, 0.05) is 17.5 Å². The van der Waals surface area contributed by atoms with Crippen LogP contribution in [0.3, 0.4) is 0 Å². The SMILES string of the molecule is CNC(Cc1cncs1)c1cn[nH]n1. The van der Waals surface area contributed by atoms with Crippen molar-refractivity contribution in [2.45, 2.75) is 12.5 Å². The first-order valence-corrected chi connectivity index (χ1v) is 5.18. The van der Waals surface area contributed by atoms with Crippen LogP contribution in [0, 0.1) is 0 Å². The third-order valence-corrected chi connectivity index (χ3v) is 2.83. The first kappa shape index (κ1) is 9.29. The van der Waals surface area contributed by atoms with Crippen molar-refractivity contribution in [1.29, 1.82) is 0 Å². The van der Waals surface area contributed by atoms with Gasteiger partial charge in [-0.05, 0) is 7.05 Å². The quantitative estimate of drug-likeness (QED) is 0.780. The van der Waals surface area contributed by atoms with Crippen LogP contribution < -0.4 is 5.32 Å². The Labute approximate surface area is 85.6 Å². The van der Waals surface area contributed by atoms with Gasteiger partial charge in [0.2, 0.25) is 0 Å². The molecule has 2 N–H and O–H groups in total. The number of nitrogens with one attached hydrogen (secondary N) is 2. The Morgan fingerprint density at radius 3 is 3.07 bits per heavy atom. The summed E-state index contributed by atoms with van der Waals surface area (Å²) in [6.07, 6.45) is 4.52. The summed E-state index contributed by atoms with van der Waals surface area (Å²) in [5.74, 6) is 0. The van der Waals surface area contributed by atoms with E-state index in [9.17, 15) is 0 Å². The van der Waals surface area contributed by atoms with Crippen molar-refractivity contribution >= 4 is 11.3 Å². The molecule has 2 aromatic rings. The highest BCUT2D eigenvalue weighted by Gasteiger charge is 2.13. The van der Waals surface area contributed by atoms with Gasteiger partial charge in [0.25, 0.3) is 0 Å². The fraction of sp³-hybridized carbons (Fsp3) is 0.375. The van der Waals surface area contributed by atoms with E-state index in [0.29, 0.717) is 0 Å². The molecule has 0 aliphatic rings. The highest BCUT2D eigenvalue weighted by molar-refractivity contribution is 7.09. The Bertz CT molecular complexity index is 355. The lowest BCUT2D eigenvalue weighted by atomic mass is 10.1. The van der Waals surface area contributed by atoms with E-state index < -0.39 is 0 Å². The predicted molar refractivity (Wildman–Crippen MR) is 54.0 cm³/mol. The molecule has 1 unspecified atom stereocenters. The molecule has 5 nitrogen and oxygen atoms in total. The van der Waals surface area contributed by atoms with E-state index in [1.54, 1.807) is 17.5 Å². The zero-order valence-electron chi connectivity index (χ0n) is 7.77. The molecule has 0 aromatic carbocycles. The minimum absolute atomic E-state index is 0.203. The molecule has 74 valence electrons. The number of hydrogen-bond donors (Lipinski definition) is 2. The van der Waals surface area contributed by atoms with Gasteiger partial charge >= 0.3 is 0 Å². The van der Waals surface area contributed by atoms with Crippen LogP contribution in [0.15, 0.2) is 17.9 Å². The summed E-state index contributed by atoms with van der Waals surface area (Å²) in [4.78, 5) is 5.28. The van der Waals surface area contributed by atoms with E-state index >= 15 is 0 Å². The van der Waals surface area contributed by atoms with Crippen molar-refractivity contribution in [3.05, 3.63) is 28.5 Å². The maximum absolute atomic E-state index is 4.05. The Morgan fingerprint density at radius 1 is 1.57 bits per heavy atom. The number of aromatic amines is 1. The molecule has 2 rings (SSSR count). The summed E-state index contributed by atoms with van der Waals surface area (Å²) >= 11 is 1.65. The summed E-state index contributed by atoms with van der Waals surface area (Å²) in [7, 11) is 1.92. The first-order chi connectivity index (χ1) is 6.90. The lowest BCUT2D eigenvalue weighted by Gasteiger charge is -2.10. The van der Waals surface area contributed by atoms with Crippen LogP contribution in [-0.2, 0) is 6.42 Å². The predicted octanol–water partition coefficient (Wildman–Crippen LogP) is 0.764. The molecular weight excluding hydrogens is 198 g/mol. The monoisotopic (exact) mass is 209 g/mol. The van der Waals surface area contributed by atoms with E-state index in [0.717, 1.165) is 12.1 Å². The second-order valence-electron chi connectivity index (χ2n) is 2.91. The largest absolute Gasteiger partial charge is 0.311 e. The van der Waals surface area contributed by atoms with Gasteiger partial charge in [-0.2, -0.15) is 15.4 Å². The summed E-state index contributed by atoms with van der Waals surface area (Å²) in [5.41, 5.74) is 2.77. The highest BCUT2D eigenvalue weighted by atomic mass is 32.1. The summed E-state index contributed by atoms with van der Waals surface area (Å²) in [6.45, 7) is 0. The molecule has 0 bridgehead atoms. The average Bonchev–Trinajstić information content (AvgIpc) is 2.86. The molecule has 6 heteroatoms. The van der Waals surface area contributed by atoms with Gasteiger partial charge in [-0.25, -0.2) is 0 Å². The molecule has 14 heavy (non-hydrogen) atoms. The number of rotatable bonds is 4. The van der Waals surface area contributed by atoms with Gasteiger partial charge in [0.05, 0.1) is 23.4 Å². The van der Waals surface area contributed by atoms with Crippen LogP contribution in [0.2, 0.25) is 0 Å². The topological polar surface area (TPSA) is 66.5 Å². The molecule has 0 amide bonds. The van der Waals surface area contributed by atoms with E-state index in [4.69, 9.17) is 0 Å². The van der Waals surface area contributed by atoms with Crippen molar-refractivity contribution < 1.29 is 0 Å². The lowest BCUT2D eigenvalue weighted by Crippen LogP contribution is -2.18. The second-order valence-corrected chi connectivity index (χ2v) is 3.88. The fourth-order valence-corrected chi connectivity index (χ4v) is 1.92. The number of aromatic nitrogens is 4. The van der Waals surface area contributed by atoms with Crippen LogP contribution in [0.4, 0.5) is 0 Å². The number of thiazole rings is 1. The Morgan fingerprint density at radius 2 is 2.50 bits per heavy atom. The van der Waals surface area contributed by atoms with Gasteiger partial charge in [-0.1, -0.05) is 0 Å². The maximum Gasteiger partial charge on any atom is 0.0997 e. The molecule has 0 saturated carbocycles. The minimum atomic E-state index is 0.203. The van der Waals surface area contributed by atoms with Crippen molar-refractivity contribution in [2.24, 2.45) is 0 Å². The summed E-state index contributed by atoms with van der Waals surface area (Å²) in [5, 5.41) is 13.7. The van der Waals surface area contributed by atoms with Crippen LogP contribution in [0.25, 0.3) is 0 Å². The third-order valence-electron chi connectivity index (χ3n) is 2.03. The minimum Gasteiger partial charge on any atom is -0.311 e. The smallest absolute Gasteiger partial charge is 0.0997 e. The van der Waals surface area contributed by atoms with Crippen LogP contribution in [0.1, 0.15) is 16.6 Å². The highest BCUT2D eigenvalue weighted by Crippen LogP contribution is 2.17. The first-order valence-electron chi connectivity index (χ1n) is 4.30. The Hall–Kier alpha value is -1.27. The third kappa shape index (κ3) is 1.97. The van der Waals surface area contributed by atoms with Crippen molar-refractivity contribution in [1.82, 2.24) is 25.7 Å². The van der Waals surface area contributed by atoms with Crippen LogP contribution >= 0.6 is 11.3 Å². The Kier molecular flexibility index (Phi) is 2.85. The number of likely N-dealkylation sites (N-methyl/N-ethyl adjacent to an activating group) is 1. The summed E-state index contributed by atoms with van der Waals surface area (Å²) < 4.78 is 0. The molecule has 1 atom stereocenters. The van der Waals surface area contributed by atoms with E-state index in [2.05, 4.69) is 25.7 Å². The van der Waals surface area contributed by atoms with Crippen molar-refractivity contribution in [3.8, 4) is 0 Å². The Balaban J connectivity index is 2.08. The maximum atomic E-state index is 4.05. The molecule has 2 heterocycles. The lowest BCUT2D eigenvalue weighted by molar-refractivity contribution is 0.578. The van der Waals surface area contributed by atoms with Gasteiger partial charge in [0.1, 0.15) is 0 Å². The van der Waals surface area contributed by atoms with Crippen LogP contribution in [0.5, 0.6) is 0 Å². The average molecular weight is 209 g/mol. The molecular formula is C8H11N5S. The van der Waals surface area contributed by atoms with E-state index in [1.165, 1.54) is 4.88 Å². The zero-order valence-corrected chi connectivity index (χ0v) is 8.58. The standard InChI is InChI=1S/C8H11N5S/c1-9-7(8-4-11-13-12-8)2-6-3-10-5-14-6/h3-5,7,9H,2H2,1H3,(H,11,12,13). The number of nitrogens with zero attached hydrogens (tertiary/aromatic N) is 3. The normalized spacial score (nSPS) is 12.9. The van der Waals surface area contributed by atoms with E-state index in [1.807, 2.05) is 18.8 Å². The van der Waals surface area contributed by atoms with Crippen molar-refractivity contribution in [2.75, 3.05) is 7.05 Å². The molecule has 0 fully saturated rings. The molecule has 2 aromatic heterocycles. The molecule has 0 aliphatic heterocycles. The van der Waals surface area contributed by atoms with Gasteiger partial charge in [-0.15, -0.1) is 11.3 Å². The summed E-state index contributed by atoms with van der Waals surface area (Å²) in [6, 6.07) is 0.203. The molecule has 0 spiro atoms. The van der Waals surface area contributed by atoms with Gasteiger partial charge in [-0.3, -0.25) is 4.98 Å². The second kappa shape index (κ2) is 4.30. The van der Waals surface area contributed by atoms with E-state index in [-0.39, 0.29) is 6.04 Å². The number of H-pyrrole nitrogens is 1. The van der Waals surface area contributed by atoms with Crippen molar-refractivity contribution in [3.63, 3.8) is 0 Å². The number of hydrogen-bond acceptors (Lipinski definition) is 5. The zero-order chi connectivity index (χ0) is 9.80. The fourth-order valence-electron chi connectivity index (χ4n) is 1.28. The van der Waals surface area contributed by atoms with Gasteiger partial charge in [0.15, 0.2) is 0 Å². The van der Waals surface area contributed by atoms with Crippen LogP contribution in [-0.4, -0.2) is 27.4 Å². The molecule has 0 radical (unpaired) electrons. The van der Waals surface area contributed by atoms with Gasteiger partial charge < -0.3 is 5.32 Å².